The van der Waals surface area contributed by atoms with Gasteiger partial charge in [-0.2, -0.15) is 0 Å². The Morgan fingerprint density at radius 1 is 1.15 bits per heavy atom. The zero-order valence-corrected chi connectivity index (χ0v) is 21.5. The highest BCUT2D eigenvalue weighted by Crippen LogP contribution is 2.38. The van der Waals surface area contributed by atoms with Gasteiger partial charge in [0.05, 0.1) is 12.1 Å². The molecule has 5 rings (SSSR count). The monoisotopic (exact) mass is 464 g/mol. The number of hydrogen-bond acceptors (Lipinski definition) is 1. The number of nitrogens with zero attached hydrogens (tertiary/aromatic N) is 2. The Morgan fingerprint density at radius 2 is 1.94 bits per heavy atom. The van der Waals surface area contributed by atoms with Crippen LogP contribution < -0.4 is 0 Å². The second-order valence-electron chi connectivity index (χ2n) is 10.7. The molecule has 0 radical (unpaired) electrons. The third kappa shape index (κ3) is 4.10. The highest BCUT2D eigenvalue weighted by Gasteiger charge is 2.22. The maximum atomic E-state index is 4.58. The van der Waals surface area contributed by atoms with Crippen LogP contribution in [0.4, 0.5) is 0 Å². The van der Waals surface area contributed by atoms with E-state index in [0.29, 0.717) is 5.92 Å². The molecule has 0 bridgehead atoms. The van der Waals surface area contributed by atoms with E-state index >= 15 is 0 Å². The highest BCUT2D eigenvalue weighted by atomic mass is 32.1. The van der Waals surface area contributed by atoms with Crippen molar-refractivity contribution in [2.75, 3.05) is 0 Å². The lowest BCUT2D eigenvalue weighted by Crippen LogP contribution is -2.17. The lowest BCUT2D eigenvalue weighted by molar-refractivity contribution is -0.417. The summed E-state index contributed by atoms with van der Waals surface area (Å²) in [5.41, 5.74) is 6.38. The molecular weight excluding hydrogens is 432 g/mol. The van der Waals surface area contributed by atoms with E-state index in [9.17, 15) is 0 Å². The molecule has 2 aromatic heterocycles. The predicted octanol–water partition coefficient (Wildman–Crippen LogP) is 8.15. The van der Waals surface area contributed by atoms with Gasteiger partial charge in [0, 0.05) is 6.20 Å². The van der Waals surface area contributed by atoms with Crippen molar-refractivity contribution in [1.29, 1.82) is 0 Å². The van der Waals surface area contributed by atoms with Crippen LogP contribution in [0.1, 0.15) is 56.9 Å². The van der Waals surface area contributed by atoms with E-state index in [1.807, 2.05) is 17.0 Å². The van der Waals surface area contributed by atoms with Gasteiger partial charge in [0.15, 0.2) is 4.70 Å². The maximum Gasteiger partial charge on any atom is 0.165 e. The van der Waals surface area contributed by atoms with Gasteiger partial charge in [-0.25, -0.2) is 0 Å². The average molecular weight is 465 g/mol. The van der Waals surface area contributed by atoms with Gasteiger partial charge < -0.3 is 0 Å². The lowest BCUT2D eigenvalue weighted by atomic mass is 9.81. The molecule has 0 amide bonds. The molecule has 0 saturated carbocycles. The van der Waals surface area contributed by atoms with Crippen LogP contribution in [0.2, 0.25) is 0 Å². The van der Waals surface area contributed by atoms with Crippen LogP contribution in [0.25, 0.3) is 26.4 Å². The summed E-state index contributed by atoms with van der Waals surface area (Å²) in [6.45, 7) is 15.7. The fraction of sp³-hybridized carbons (Fsp3) is 0.258. The molecule has 3 heterocycles. The summed E-state index contributed by atoms with van der Waals surface area (Å²) in [4.78, 5) is 4.58. The molecule has 1 aliphatic rings. The number of aromatic nitrogens is 1. The number of thiophene rings is 1. The number of pyridine rings is 1. The standard InChI is InChI=1S/C31H32N2S/c1-20(2)13-24-19-34-29-18-32-17-26(30(24)29)22-11-12-33(6)28(16-22)23-14-21-9-7-8-10-25(21)27(15-23)31(3,4)5/h7-12,14-20H,6,13H2,1-5H3. The topological polar surface area (TPSA) is 15.9 Å². The molecule has 3 heteroatoms. The molecule has 0 N–H and O–H groups in total. The lowest BCUT2D eigenvalue weighted by Gasteiger charge is -2.27. The summed E-state index contributed by atoms with van der Waals surface area (Å²) >= 11 is 1.79. The Kier molecular flexibility index (Phi) is 5.69. The van der Waals surface area contributed by atoms with Gasteiger partial charge in [-0.3, -0.25) is 9.56 Å². The Morgan fingerprint density at radius 3 is 2.71 bits per heavy atom. The van der Waals surface area contributed by atoms with E-state index in [1.165, 1.54) is 48.7 Å². The van der Waals surface area contributed by atoms with E-state index in [4.69, 9.17) is 0 Å². The van der Waals surface area contributed by atoms with Crippen molar-refractivity contribution in [1.82, 2.24) is 4.98 Å². The van der Waals surface area contributed by atoms with Crippen LogP contribution in [-0.2, 0) is 11.8 Å². The van der Waals surface area contributed by atoms with E-state index in [2.05, 4.69) is 106 Å². The van der Waals surface area contributed by atoms with Gasteiger partial charge in [-0.05, 0) is 34.0 Å². The summed E-state index contributed by atoms with van der Waals surface area (Å²) in [6, 6.07) is 14.4. The maximum absolute atomic E-state index is 4.58. The van der Waals surface area contributed by atoms with Crippen LogP contribution >= 0.6 is 11.3 Å². The number of allylic oxidation sites excluding steroid dienone is 2. The molecule has 0 saturated heterocycles. The largest absolute Gasteiger partial charge is 0.279 e. The minimum absolute atomic E-state index is 0.0389. The van der Waals surface area contributed by atoms with E-state index in [0.717, 1.165) is 12.5 Å². The van der Waals surface area contributed by atoms with Crippen molar-refractivity contribution in [3.63, 3.8) is 0 Å². The molecule has 4 aromatic rings. The molecule has 0 unspecified atom stereocenters. The molecule has 1 aliphatic heterocycles. The number of hydrogen-bond donors (Lipinski definition) is 0. The van der Waals surface area contributed by atoms with Gasteiger partial charge in [0.2, 0.25) is 0 Å². The van der Waals surface area contributed by atoms with Gasteiger partial charge in [0.25, 0.3) is 0 Å². The molecular formula is C31H32N2S. The van der Waals surface area contributed by atoms with Crippen molar-refractivity contribution in [2.24, 2.45) is 5.92 Å². The summed E-state index contributed by atoms with van der Waals surface area (Å²) < 4.78 is 3.23. The van der Waals surface area contributed by atoms with E-state index < -0.39 is 0 Å². The molecule has 0 aliphatic carbocycles. The van der Waals surface area contributed by atoms with Crippen LogP contribution in [0, 0.1) is 12.0 Å². The van der Waals surface area contributed by atoms with Gasteiger partial charge in [-0.1, -0.05) is 112 Å². The average Bonchev–Trinajstić information content (AvgIpc) is 3.20. The third-order valence-corrected chi connectivity index (χ3v) is 7.47. The van der Waals surface area contributed by atoms with Crippen molar-refractivity contribution in [3.8, 4) is 0 Å². The smallest absolute Gasteiger partial charge is 0.165 e. The summed E-state index contributed by atoms with van der Waals surface area (Å²) in [6.07, 6.45) is 11.6. The molecule has 2 nitrogen and oxygen atoms in total. The zero-order chi connectivity index (χ0) is 24.0. The second kappa shape index (κ2) is 8.56. The van der Waals surface area contributed by atoms with Crippen LogP contribution in [0.15, 0.2) is 72.5 Å². The highest BCUT2D eigenvalue weighted by molar-refractivity contribution is 7.17. The molecule has 0 atom stereocenters. The SMILES string of the molecule is C=[N+]1C=CC(c2cnc[c-]3[s+]cc(CC(C)C)c23)=C[C-]1c1cc(C(C)(C)C)c2ccccc2c1. The molecule has 34 heavy (non-hydrogen) atoms. The van der Waals surface area contributed by atoms with Crippen molar-refractivity contribution in [3.05, 3.63) is 101 Å². The number of rotatable bonds is 4. The first-order chi connectivity index (χ1) is 16.2. The van der Waals surface area contributed by atoms with Crippen LogP contribution in [0.3, 0.4) is 0 Å². The minimum Gasteiger partial charge on any atom is -0.279 e. The first-order valence-electron chi connectivity index (χ1n) is 12.0. The fourth-order valence-electron chi connectivity index (χ4n) is 4.89. The zero-order valence-electron chi connectivity index (χ0n) is 20.7. The quantitative estimate of drug-likeness (QED) is 0.169. The van der Waals surface area contributed by atoms with Crippen molar-refractivity contribution >= 4 is 44.5 Å². The van der Waals surface area contributed by atoms with Gasteiger partial charge in [-0.15, -0.1) is 5.56 Å². The number of fused-ring (bicyclic) bond motifs is 2. The van der Waals surface area contributed by atoms with E-state index in [-0.39, 0.29) is 5.41 Å². The molecule has 0 spiro atoms. The third-order valence-electron chi connectivity index (χ3n) is 6.50. The van der Waals surface area contributed by atoms with Gasteiger partial charge in [0.1, 0.15) is 23.6 Å². The fourth-order valence-corrected chi connectivity index (χ4v) is 5.85. The minimum atomic E-state index is 0.0389. The Hall–Kier alpha value is -3.17. The Bertz CT molecular complexity index is 1460. The molecule has 2 aromatic carbocycles. The van der Waals surface area contributed by atoms with Crippen molar-refractivity contribution in [2.45, 2.75) is 46.5 Å². The predicted molar refractivity (Wildman–Crippen MR) is 148 cm³/mol. The van der Waals surface area contributed by atoms with E-state index in [1.54, 1.807) is 11.3 Å². The first kappa shape index (κ1) is 22.6. The van der Waals surface area contributed by atoms with Crippen LogP contribution in [0.5, 0.6) is 0 Å². The summed E-state index contributed by atoms with van der Waals surface area (Å²) in [7, 11) is 0. The summed E-state index contributed by atoms with van der Waals surface area (Å²) in [5, 5.41) is 6.22. The Balaban J connectivity index is 1.66. The molecule has 172 valence electrons. The van der Waals surface area contributed by atoms with Crippen LogP contribution in [-0.4, -0.2) is 16.3 Å². The van der Waals surface area contributed by atoms with Gasteiger partial charge >= 0.3 is 0 Å². The number of benzene rings is 2. The normalized spacial score (nSPS) is 14.5. The molecule has 0 fully saturated rings. The second-order valence-corrected chi connectivity index (χ2v) is 11.6. The Labute approximate surface area is 207 Å². The first-order valence-corrected chi connectivity index (χ1v) is 12.8. The van der Waals surface area contributed by atoms with Crippen molar-refractivity contribution < 1.29 is 4.58 Å². The summed E-state index contributed by atoms with van der Waals surface area (Å²) in [5.74, 6) is 0.612.